The predicted octanol–water partition coefficient (Wildman–Crippen LogP) is 2.92. The Hall–Kier alpha value is -0.560. The monoisotopic (exact) mass is 156 g/mol. The zero-order chi connectivity index (χ0) is 9.11. The van der Waals surface area contributed by atoms with Gasteiger partial charge in [-0.15, -0.1) is 0 Å². The van der Waals surface area contributed by atoms with Gasteiger partial charge in [0, 0.05) is 0 Å². The van der Waals surface area contributed by atoms with Gasteiger partial charge in [-0.3, -0.25) is 0 Å². The molecule has 0 bridgehead atoms. The Kier molecular flexibility index (Phi) is 14.4. The molecule has 0 amide bonds. The van der Waals surface area contributed by atoms with E-state index in [0.717, 1.165) is 12.0 Å². The van der Waals surface area contributed by atoms with E-state index < -0.39 is 0 Å². The van der Waals surface area contributed by atoms with Crippen LogP contribution in [0.1, 0.15) is 34.1 Å². The summed E-state index contributed by atoms with van der Waals surface area (Å²) in [6, 6.07) is 0. The van der Waals surface area contributed by atoms with Gasteiger partial charge in [0.25, 0.3) is 0 Å². The van der Waals surface area contributed by atoms with Crippen molar-refractivity contribution in [3.63, 3.8) is 0 Å². The van der Waals surface area contributed by atoms with Gasteiger partial charge in [0.2, 0.25) is 0 Å². The highest BCUT2D eigenvalue weighted by atomic mass is 16.2. The van der Waals surface area contributed by atoms with E-state index in [-0.39, 0.29) is 6.61 Å². The second-order valence-corrected chi connectivity index (χ2v) is 2.44. The molecule has 0 aliphatic heterocycles. The van der Waals surface area contributed by atoms with Gasteiger partial charge in [0.05, 0.1) is 6.61 Å². The van der Waals surface area contributed by atoms with Gasteiger partial charge in [-0.1, -0.05) is 30.7 Å². The highest BCUT2D eigenvalue weighted by Gasteiger charge is 1.68. The van der Waals surface area contributed by atoms with Crippen molar-refractivity contribution in [3.8, 4) is 0 Å². The summed E-state index contributed by atoms with van der Waals surface area (Å²) in [4.78, 5) is 0. The quantitative estimate of drug-likeness (QED) is 0.609. The molecule has 0 atom stereocenters. The van der Waals surface area contributed by atoms with Crippen LogP contribution in [0.15, 0.2) is 23.8 Å². The smallest absolute Gasteiger partial charge is 0.0614 e. The van der Waals surface area contributed by atoms with Crippen molar-refractivity contribution in [2.75, 3.05) is 6.61 Å². The Bertz CT molecular complexity index is 108. The molecule has 1 N–H and O–H groups in total. The maximum atomic E-state index is 8.16. The molecular formula is C10H20O. The number of aliphatic hydroxyl groups excluding tert-OH is 1. The lowest BCUT2D eigenvalue weighted by atomic mass is 10.3. The molecule has 1 nitrogen and oxygen atoms in total. The van der Waals surface area contributed by atoms with Crippen LogP contribution >= 0.6 is 0 Å². The van der Waals surface area contributed by atoms with E-state index in [1.165, 1.54) is 0 Å². The van der Waals surface area contributed by atoms with Crippen LogP contribution in [0.3, 0.4) is 0 Å². The molecule has 11 heavy (non-hydrogen) atoms. The molecule has 0 saturated heterocycles. The topological polar surface area (TPSA) is 20.2 Å². The summed E-state index contributed by atoms with van der Waals surface area (Å²) in [5, 5.41) is 8.16. The number of hydrogen-bond acceptors (Lipinski definition) is 1. The molecule has 1 heteroatoms. The molecule has 0 unspecified atom stereocenters. The number of allylic oxidation sites excluding steroid dienone is 3. The van der Waals surface area contributed by atoms with Crippen molar-refractivity contribution in [2.24, 2.45) is 0 Å². The van der Waals surface area contributed by atoms with E-state index >= 15 is 0 Å². The van der Waals surface area contributed by atoms with E-state index in [1.807, 2.05) is 20.8 Å². The first kappa shape index (κ1) is 13.1. The summed E-state index contributed by atoms with van der Waals surface area (Å²) in [6.07, 6.45) is 7.11. The van der Waals surface area contributed by atoms with Crippen molar-refractivity contribution in [3.05, 3.63) is 23.8 Å². The SMILES string of the molecule is C/C=C\CC.CC(C)=CCO. The minimum atomic E-state index is 0.169. The fraction of sp³-hybridized carbons (Fsp3) is 0.600. The van der Waals surface area contributed by atoms with Crippen molar-refractivity contribution in [1.29, 1.82) is 0 Å². The van der Waals surface area contributed by atoms with Crippen LogP contribution in [0.2, 0.25) is 0 Å². The van der Waals surface area contributed by atoms with Crippen molar-refractivity contribution in [1.82, 2.24) is 0 Å². The lowest BCUT2D eigenvalue weighted by Crippen LogP contribution is -1.71. The predicted molar refractivity (Wildman–Crippen MR) is 51.6 cm³/mol. The molecule has 0 aliphatic carbocycles. The molecule has 66 valence electrons. The van der Waals surface area contributed by atoms with Crippen LogP contribution in [0.4, 0.5) is 0 Å². The Morgan fingerprint density at radius 2 is 1.91 bits per heavy atom. The number of aliphatic hydroxyl groups is 1. The van der Waals surface area contributed by atoms with Crippen LogP contribution in [0.5, 0.6) is 0 Å². The molecule has 0 saturated carbocycles. The Morgan fingerprint density at radius 3 is 1.91 bits per heavy atom. The van der Waals surface area contributed by atoms with E-state index in [9.17, 15) is 0 Å². The molecule has 0 aromatic carbocycles. The van der Waals surface area contributed by atoms with Gasteiger partial charge >= 0.3 is 0 Å². The highest BCUT2D eigenvalue weighted by molar-refractivity contribution is 4.91. The fourth-order valence-corrected chi connectivity index (χ4v) is 0.418. The lowest BCUT2D eigenvalue weighted by molar-refractivity contribution is 0.342. The maximum absolute atomic E-state index is 8.16. The van der Waals surface area contributed by atoms with E-state index in [1.54, 1.807) is 6.08 Å². The van der Waals surface area contributed by atoms with Crippen LogP contribution in [-0.2, 0) is 0 Å². The number of hydrogen-bond donors (Lipinski definition) is 1. The third-order valence-electron chi connectivity index (χ3n) is 0.971. The van der Waals surface area contributed by atoms with Crippen LogP contribution in [-0.4, -0.2) is 11.7 Å². The Balaban J connectivity index is 0. The zero-order valence-corrected chi connectivity index (χ0v) is 8.09. The van der Waals surface area contributed by atoms with Gasteiger partial charge < -0.3 is 5.11 Å². The summed E-state index contributed by atoms with van der Waals surface area (Å²) < 4.78 is 0. The summed E-state index contributed by atoms with van der Waals surface area (Å²) in [6.45, 7) is 8.23. The Labute approximate surface area is 70.4 Å². The molecular weight excluding hydrogens is 136 g/mol. The molecule has 0 rings (SSSR count). The standard InChI is InChI=1S/C5H10O.C5H10/c1-5(2)3-4-6;1-3-5-4-2/h3,6H,4H2,1-2H3;3,5H,4H2,1-2H3/b;5-3-. The van der Waals surface area contributed by atoms with Crippen LogP contribution in [0.25, 0.3) is 0 Å². The second-order valence-electron chi connectivity index (χ2n) is 2.44. The van der Waals surface area contributed by atoms with Crippen LogP contribution < -0.4 is 0 Å². The molecule has 0 fully saturated rings. The van der Waals surface area contributed by atoms with Gasteiger partial charge in [-0.25, -0.2) is 0 Å². The second kappa shape index (κ2) is 12.1. The third-order valence-corrected chi connectivity index (χ3v) is 0.971. The molecule has 0 aliphatic rings. The first-order chi connectivity index (χ1) is 5.18. The number of rotatable bonds is 2. The average Bonchev–Trinajstić information content (AvgIpc) is 1.90. The van der Waals surface area contributed by atoms with E-state index in [4.69, 9.17) is 5.11 Å². The van der Waals surface area contributed by atoms with Crippen molar-refractivity contribution in [2.45, 2.75) is 34.1 Å². The normalized spacial score (nSPS) is 8.82. The molecule has 0 aromatic rings. The lowest BCUT2D eigenvalue weighted by Gasteiger charge is -1.80. The summed E-state index contributed by atoms with van der Waals surface area (Å²) in [7, 11) is 0. The van der Waals surface area contributed by atoms with Crippen molar-refractivity contribution < 1.29 is 5.11 Å². The van der Waals surface area contributed by atoms with E-state index in [0.29, 0.717) is 0 Å². The first-order valence-corrected chi connectivity index (χ1v) is 4.04. The van der Waals surface area contributed by atoms with Gasteiger partial charge in [-0.2, -0.15) is 0 Å². The highest BCUT2D eigenvalue weighted by Crippen LogP contribution is 1.83. The summed E-state index contributed by atoms with van der Waals surface area (Å²) in [5.41, 5.74) is 1.16. The maximum Gasteiger partial charge on any atom is 0.0614 e. The first-order valence-electron chi connectivity index (χ1n) is 4.04. The minimum absolute atomic E-state index is 0.169. The minimum Gasteiger partial charge on any atom is -0.392 e. The van der Waals surface area contributed by atoms with E-state index in [2.05, 4.69) is 19.1 Å². The molecule has 0 aromatic heterocycles. The average molecular weight is 156 g/mol. The van der Waals surface area contributed by atoms with Gasteiger partial charge in [-0.05, 0) is 27.2 Å². The van der Waals surface area contributed by atoms with Gasteiger partial charge in [0.15, 0.2) is 0 Å². The Morgan fingerprint density at radius 1 is 1.36 bits per heavy atom. The third kappa shape index (κ3) is 26.5. The largest absolute Gasteiger partial charge is 0.392 e. The molecule has 0 radical (unpaired) electrons. The summed E-state index contributed by atoms with van der Waals surface area (Å²) >= 11 is 0. The fourth-order valence-electron chi connectivity index (χ4n) is 0.418. The van der Waals surface area contributed by atoms with Gasteiger partial charge in [0.1, 0.15) is 0 Å². The van der Waals surface area contributed by atoms with Crippen molar-refractivity contribution >= 4 is 0 Å². The molecule has 0 heterocycles. The molecule has 0 spiro atoms. The summed E-state index contributed by atoms with van der Waals surface area (Å²) in [5.74, 6) is 0. The zero-order valence-electron chi connectivity index (χ0n) is 8.09. The van der Waals surface area contributed by atoms with Crippen LogP contribution in [0, 0.1) is 0 Å².